The number of anilines is 6. The van der Waals surface area contributed by atoms with Crippen LogP contribution in [0.15, 0.2) is 304 Å². The molecule has 0 aliphatic heterocycles. The number of fused-ring (bicyclic) bond motifs is 12. The van der Waals surface area contributed by atoms with Gasteiger partial charge in [-0.2, -0.15) is 0 Å². The van der Waals surface area contributed by atoms with Gasteiger partial charge in [0.25, 0.3) is 0 Å². The van der Waals surface area contributed by atoms with Crippen LogP contribution in [0.25, 0.3) is 115 Å². The predicted octanol–water partition coefficient (Wildman–Crippen LogP) is 22.1. The molecule has 0 fully saturated rings. The third-order valence-corrected chi connectivity index (χ3v) is 17.1. The van der Waals surface area contributed by atoms with Crippen molar-refractivity contribution in [2.45, 2.75) is 6.92 Å². The summed E-state index contributed by atoms with van der Waals surface area (Å²) in [4.78, 5) is 4.97. The Balaban J connectivity index is 1.10. The predicted molar refractivity (Wildman–Crippen MR) is 354 cm³/mol. The van der Waals surface area contributed by atoms with E-state index in [0.29, 0.717) is 0 Å². The Morgan fingerprint density at radius 1 is 0.349 bits per heavy atom. The minimum Gasteiger partial charge on any atom is -0.309 e. The van der Waals surface area contributed by atoms with E-state index in [1.807, 2.05) is 6.08 Å². The van der Waals surface area contributed by atoms with Crippen LogP contribution in [0.2, 0.25) is 0 Å². The van der Waals surface area contributed by atoms with Crippen molar-refractivity contribution in [3.63, 3.8) is 0 Å². The molecule has 0 aliphatic carbocycles. The molecule has 390 valence electrons. The molecule has 4 aromatic heterocycles. The van der Waals surface area contributed by atoms with Gasteiger partial charge in [0.15, 0.2) is 0 Å². The average Bonchev–Trinajstić information content (AvgIpc) is 1.55. The molecular weight excluding hydrogens is 1000 g/mol. The summed E-state index contributed by atoms with van der Waals surface area (Å²) >= 11 is 0. The second-order valence-corrected chi connectivity index (χ2v) is 21.4. The molecule has 0 atom stereocenters. The molecule has 4 heterocycles. The van der Waals surface area contributed by atoms with E-state index in [1.54, 1.807) is 0 Å². The molecule has 0 radical (unpaired) electrons. The van der Waals surface area contributed by atoms with E-state index >= 15 is 0 Å². The van der Waals surface area contributed by atoms with Crippen LogP contribution in [0.3, 0.4) is 0 Å². The van der Waals surface area contributed by atoms with E-state index in [-0.39, 0.29) is 0 Å². The molecule has 4 heteroatoms. The van der Waals surface area contributed by atoms with E-state index in [1.165, 1.54) is 76.3 Å². The van der Waals surface area contributed by atoms with Crippen molar-refractivity contribution in [3.05, 3.63) is 309 Å². The zero-order valence-corrected chi connectivity index (χ0v) is 45.8. The number of aromatic nitrogens is 2. The molecule has 12 aromatic carbocycles. The SMILES string of the molecule is C=C/C=C\C(=C/C)c1c2c3ccc(N(c4ccccc4)c4ccccc4-c4ccccc4)c4c5ccccc5n(c2c(-c2ccccc2)c2c5ccc(N(c6ccccc6)c6ccccc6-c6ccccc6)c6c7ccccc7n(c12)c56)c34. The molecule has 0 saturated carbocycles. The molecule has 16 aromatic rings. The Kier molecular flexibility index (Phi) is 11.2. The number of hydrogen-bond donors (Lipinski definition) is 0. The minimum atomic E-state index is 1.09. The largest absolute Gasteiger partial charge is 0.309 e. The van der Waals surface area contributed by atoms with Crippen LogP contribution in [0, 0.1) is 0 Å². The molecule has 0 unspecified atom stereocenters. The Morgan fingerprint density at radius 2 is 0.759 bits per heavy atom. The molecule has 0 bridgehead atoms. The maximum atomic E-state index is 4.22. The van der Waals surface area contributed by atoms with Crippen LogP contribution in [-0.4, -0.2) is 8.80 Å². The highest BCUT2D eigenvalue weighted by molar-refractivity contribution is 6.38. The summed E-state index contributed by atoms with van der Waals surface area (Å²) in [5, 5.41) is 9.60. The third-order valence-electron chi connectivity index (χ3n) is 17.1. The van der Waals surface area contributed by atoms with E-state index in [4.69, 9.17) is 0 Å². The topological polar surface area (TPSA) is 15.3 Å². The van der Waals surface area contributed by atoms with Gasteiger partial charge in [-0.15, -0.1) is 0 Å². The van der Waals surface area contributed by atoms with Crippen molar-refractivity contribution in [2.24, 2.45) is 0 Å². The highest BCUT2D eigenvalue weighted by Crippen LogP contribution is 2.57. The molecular formula is C79H54N4. The molecule has 0 amide bonds. The van der Waals surface area contributed by atoms with Crippen LogP contribution in [0.5, 0.6) is 0 Å². The van der Waals surface area contributed by atoms with Gasteiger partial charge < -0.3 is 18.6 Å². The highest BCUT2D eigenvalue weighted by Gasteiger charge is 2.34. The summed E-state index contributed by atoms with van der Waals surface area (Å²) < 4.78 is 5.24. The van der Waals surface area contributed by atoms with Crippen LogP contribution in [-0.2, 0) is 0 Å². The van der Waals surface area contributed by atoms with Gasteiger partial charge >= 0.3 is 0 Å². The van der Waals surface area contributed by atoms with Gasteiger partial charge in [0.1, 0.15) is 0 Å². The van der Waals surface area contributed by atoms with Crippen LogP contribution >= 0.6 is 0 Å². The van der Waals surface area contributed by atoms with Crippen molar-refractivity contribution < 1.29 is 0 Å². The fourth-order valence-electron chi connectivity index (χ4n) is 13.8. The van der Waals surface area contributed by atoms with E-state index in [2.05, 4.69) is 323 Å². The van der Waals surface area contributed by atoms with Crippen LogP contribution in [0.4, 0.5) is 34.1 Å². The average molecular weight is 1060 g/mol. The summed E-state index contributed by atoms with van der Waals surface area (Å²) in [6, 6.07) is 99.9. The fraction of sp³-hybridized carbons (Fsp3) is 0.0127. The first-order valence-electron chi connectivity index (χ1n) is 28.6. The van der Waals surface area contributed by atoms with Crippen molar-refractivity contribution >= 4 is 116 Å². The lowest BCUT2D eigenvalue weighted by atomic mass is 9.88. The first-order valence-corrected chi connectivity index (χ1v) is 28.6. The van der Waals surface area contributed by atoms with Gasteiger partial charge in [-0.05, 0) is 89.9 Å². The quantitative estimate of drug-likeness (QED) is 0.113. The Bertz CT molecular complexity index is 5070. The lowest BCUT2D eigenvalue weighted by Gasteiger charge is -2.28. The van der Waals surface area contributed by atoms with Gasteiger partial charge in [-0.1, -0.05) is 243 Å². The standard InChI is InChI=1S/C79H54N4/c1-3-5-29-52(4-2)70-74-62-48-50-68(80(56-36-17-9-18-37-56)64-44-25-21-40-58(64)53-30-11-6-12-31-53)72-61-43-24-28-47-67(61)83(76(62)72)79(74)71(55-34-15-8-16-35-55)75-63-49-51-69(73-60-42-23-27-46-66(60)82(77(63)73)78(70)75)81(57-38-19-10-20-39-57)65-45-26-22-41-59(65)54-32-13-7-14-33-54/h3-51H,1H2,2H3/b29-5-,52-4+. The highest BCUT2D eigenvalue weighted by atomic mass is 15.2. The number of nitrogens with zero attached hydrogens (tertiary/aromatic N) is 4. The first kappa shape index (κ1) is 48.0. The molecule has 0 N–H and O–H groups in total. The smallest absolute Gasteiger partial charge is 0.0642 e. The number of hydrogen-bond acceptors (Lipinski definition) is 2. The molecule has 0 aliphatic rings. The first-order chi connectivity index (χ1) is 41.2. The fourth-order valence-corrected chi connectivity index (χ4v) is 13.8. The van der Waals surface area contributed by atoms with Crippen LogP contribution in [0.1, 0.15) is 12.5 Å². The van der Waals surface area contributed by atoms with Gasteiger partial charge in [0.05, 0.1) is 55.8 Å². The maximum Gasteiger partial charge on any atom is 0.0642 e. The van der Waals surface area contributed by atoms with Crippen molar-refractivity contribution in [1.29, 1.82) is 0 Å². The Morgan fingerprint density at radius 3 is 1.24 bits per heavy atom. The van der Waals surface area contributed by atoms with Crippen molar-refractivity contribution in [1.82, 2.24) is 8.80 Å². The lowest BCUT2D eigenvalue weighted by molar-refractivity contribution is 1.30. The molecule has 4 nitrogen and oxygen atoms in total. The summed E-state index contributed by atoms with van der Waals surface area (Å²) in [7, 11) is 0. The molecule has 83 heavy (non-hydrogen) atoms. The molecule has 16 rings (SSSR count). The van der Waals surface area contributed by atoms with Gasteiger partial charge in [0, 0.05) is 76.7 Å². The van der Waals surface area contributed by atoms with Crippen molar-refractivity contribution in [2.75, 3.05) is 9.80 Å². The second kappa shape index (κ2) is 19.4. The third kappa shape index (κ3) is 7.19. The van der Waals surface area contributed by atoms with E-state index in [0.717, 1.165) is 78.5 Å². The summed E-state index contributed by atoms with van der Waals surface area (Å²) in [6.45, 7) is 6.40. The van der Waals surface area contributed by atoms with Gasteiger partial charge in [0.2, 0.25) is 0 Å². The van der Waals surface area contributed by atoms with Crippen molar-refractivity contribution in [3.8, 4) is 33.4 Å². The Labute approximate surface area is 481 Å². The normalized spacial score (nSPS) is 12.2. The number of allylic oxidation sites excluding steroid dienone is 5. The van der Waals surface area contributed by atoms with Gasteiger partial charge in [-0.3, -0.25) is 0 Å². The van der Waals surface area contributed by atoms with E-state index < -0.39 is 0 Å². The van der Waals surface area contributed by atoms with Gasteiger partial charge in [-0.25, -0.2) is 0 Å². The van der Waals surface area contributed by atoms with E-state index in [9.17, 15) is 0 Å². The minimum absolute atomic E-state index is 1.09. The lowest BCUT2D eigenvalue weighted by Crippen LogP contribution is -2.11. The zero-order chi connectivity index (χ0) is 55.1. The molecule has 0 spiro atoms. The second-order valence-electron chi connectivity index (χ2n) is 21.4. The Hall–Kier alpha value is -10.9. The zero-order valence-electron chi connectivity index (χ0n) is 45.8. The number of benzene rings is 12. The summed E-state index contributed by atoms with van der Waals surface area (Å²) in [6.07, 6.45) is 8.54. The summed E-state index contributed by atoms with van der Waals surface area (Å²) in [5.41, 5.74) is 23.0. The van der Waals surface area contributed by atoms with Crippen LogP contribution < -0.4 is 9.80 Å². The summed E-state index contributed by atoms with van der Waals surface area (Å²) in [5.74, 6) is 0. The number of rotatable bonds is 12. The molecule has 0 saturated heterocycles. The monoisotopic (exact) mass is 1060 g/mol. The number of para-hydroxylation sites is 6. The maximum absolute atomic E-state index is 4.22.